The van der Waals surface area contributed by atoms with Gasteiger partial charge in [-0.1, -0.05) is 58.5 Å². The molecule has 18 heavy (non-hydrogen) atoms. The summed E-state index contributed by atoms with van der Waals surface area (Å²) in [6, 6.07) is 8.46. The number of hydrogen-bond donors (Lipinski definition) is 0. The number of carbonyl (C=O) groups is 1. The summed E-state index contributed by atoms with van der Waals surface area (Å²) in [5.41, 5.74) is 1.76. The van der Waals surface area contributed by atoms with Gasteiger partial charge in [-0.25, -0.2) is 0 Å². The largest absolute Gasteiger partial charge is 0.298 e. The van der Waals surface area contributed by atoms with Crippen LogP contribution in [0.5, 0.6) is 0 Å². The molecule has 0 atom stereocenters. The molecule has 0 unspecified atom stereocenters. The first-order chi connectivity index (χ1) is 8.54. The molecule has 0 N–H and O–H groups in total. The second-order valence-electron chi connectivity index (χ2n) is 3.57. The Bertz CT molecular complexity index is 599. The third-order valence-corrected chi connectivity index (χ3v) is 3.99. The molecule has 0 bridgehead atoms. The van der Waals surface area contributed by atoms with Crippen molar-refractivity contribution < 1.29 is 4.79 Å². The van der Waals surface area contributed by atoms with Crippen LogP contribution in [0, 0.1) is 0 Å². The van der Waals surface area contributed by atoms with Gasteiger partial charge in [-0.3, -0.25) is 4.79 Å². The monoisotopic (exact) mass is 318 g/mol. The van der Waals surface area contributed by atoms with Gasteiger partial charge in [0.05, 0.1) is 20.1 Å². The van der Waals surface area contributed by atoms with Gasteiger partial charge in [-0.2, -0.15) is 0 Å². The zero-order chi connectivity index (χ0) is 13.3. The van der Waals surface area contributed by atoms with E-state index in [0.29, 0.717) is 38.0 Å². The standard InChI is InChI=1S/C13H6Cl4O/c14-10-3-1-2-8(9(10)6-18)7-4-11(15)13(17)12(16)5-7/h1-6H. The van der Waals surface area contributed by atoms with E-state index in [4.69, 9.17) is 46.4 Å². The number of benzene rings is 2. The third-order valence-electron chi connectivity index (χ3n) is 2.47. The Morgan fingerprint density at radius 1 is 0.889 bits per heavy atom. The van der Waals surface area contributed by atoms with Crippen LogP contribution in [0.25, 0.3) is 11.1 Å². The van der Waals surface area contributed by atoms with E-state index in [1.165, 1.54) is 0 Å². The second kappa shape index (κ2) is 5.50. The van der Waals surface area contributed by atoms with Crippen molar-refractivity contribution in [3.63, 3.8) is 0 Å². The summed E-state index contributed by atoms with van der Waals surface area (Å²) in [7, 11) is 0. The molecule has 0 heterocycles. The highest BCUT2D eigenvalue weighted by Crippen LogP contribution is 2.36. The molecule has 2 aromatic carbocycles. The molecule has 0 spiro atoms. The van der Waals surface area contributed by atoms with Crippen LogP contribution >= 0.6 is 46.4 Å². The molecule has 0 aliphatic carbocycles. The van der Waals surface area contributed by atoms with Gasteiger partial charge in [-0.15, -0.1) is 0 Å². The maximum atomic E-state index is 11.1. The molecule has 92 valence electrons. The molecule has 0 radical (unpaired) electrons. The minimum absolute atomic E-state index is 0.289. The smallest absolute Gasteiger partial charge is 0.152 e. The molecular formula is C13H6Cl4O. The average Bonchev–Trinajstić information content (AvgIpc) is 2.35. The molecular weight excluding hydrogens is 314 g/mol. The first-order valence-electron chi connectivity index (χ1n) is 4.93. The van der Waals surface area contributed by atoms with E-state index >= 15 is 0 Å². The normalized spacial score (nSPS) is 10.4. The molecule has 0 amide bonds. The Labute approximate surface area is 124 Å². The lowest BCUT2D eigenvalue weighted by Gasteiger charge is -2.09. The summed E-state index contributed by atoms with van der Waals surface area (Å²) in [6.07, 6.45) is 0.702. The van der Waals surface area contributed by atoms with Crippen molar-refractivity contribution in [3.8, 4) is 11.1 Å². The van der Waals surface area contributed by atoms with Gasteiger partial charge >= 0.3 is 0 Å². The number of aldehydes is 1. The summed E-state index contributed by atoms with van der Waals surface area (Å²) >= 11 is 23.8. The zero-order valence-corrected chi connectivity index (χ0v) is 11.9. The Kier molecular flexibility index (Phi) is 4.18. The lowest BCUT2D eigenvalue weighted by atomic mass is 10.0. The highest BCUT2D eigenvalue weighted by atomic mass is 35.5. The van der Waals surface area contributed by atoms with Crippen LogP contribution in [0.1, 0.15) is 10.4 Å². The van der Waals surface area contributed by atoms with Gasteiger partial charge in [0, 0.05) is 5.56 Å². The third kappa shape index (κ3) is 2.50. The lowest BCUT2D eigenvalue weighted by molar-refractivity contribution is 0.112. The summed E-state index contributed by atoms with van der Waals surface area (Å²) in [6.45, 7) is 0. The van der Waals surface area contributed by atoms with Crippen LogP contribution in [0.15, 0.2) is 30.3 Å². The Balaban J connectivity index is 2.70. The highest BCUT2D eigenvalue weighted by Gasteiger charge is 2.12. The van der Waals surface area contributed by atoms with Crippen molar-refractivity contribution in [2.45, 2.75) is 0 Å². The molecule has 0 aliphatic heterocycles. The number of halogens is 4. The molecule has 2 aromatic rings. The summed E-state index contributed by atoms with van der Waals surface area (Å²) < 4.78 is 0. The van der Waals surface area contributed by atoms with E-state index in [2.05, 4.69) is 0 Å². The molecule has 2 rings (SSSR count). The van der Waals surface area contributed by atoms with Gasteiger partial charge in [0.2, 0.25) is 0 Å². The quantitative estimate of drug-likeness (QED) is 0.506. The molecule has 0 fully saturated rings. The van der Waals surface area contributed by atoms with Crippen molar-refractivity contribution >= 4 is 52.7 Å². The van der Waals surface area contributed by atoms with Gasteiger partial charge in [0.1, 0.15) is 0 Å². The Hall–Kier alpha value is -0.730. The molecule has 0 saturated carbocycles. The second-order valence-corrected chi connectivity index (χ2v) is 5.17. The highest BCUT2D eigenvalue weighted by molar-refractivity contribution is 6.48. The molecule has 0 saturated heterocycles. The van der Waals surface area contributed by atoms with E-state index < -0.39 is 0 Å². The molecule has 0 aliphatic rings. The van der Waals surface area contributed by atoms with Gasteiger partial charge < -0.3 is 0 Å². The van der Waals surface area contributed by atoms with E-state index in [0.717, 1.165) is 0 Å². The van der Waals surface area contributed by atoms with Crippen molar-refractivity contribution in [1.82, 2.24) is 0 Å². The fraction of sp³-hybridized carbons (Fsp3) is 0. The topological polar surface area (TPSA) is 17.1 Å². The Morgan fingerprint density at radius 2 is 1.50 bits per heavy atom. The van der Waals surface area contributed by atoms with Crippen LogP contribution in [0.2, 0.25) is 20.1 Å². The summed E-state index contributed by atoms with van der Waals surface area (Å²) in [5.74, 6) is 0. The zero-order valence-electron chi connectivity index (χ0n) is 8.88. The van der Waals surface area contributed by atoms with Gasteiger partial charge in [0.25, 0.3) is 0 Å². The predicted octanol–water partition coefficient (Wildman–Crippen LogP) is 5.78. The van der Waals surface area contributed by atoms with Crippen LogP contribution < -0.4 is 0 Å². The first kappa shape index (κ1) is 13.7. The first-order valence-corrected chi connectivity index (χ1v) is 6.44. The van der Waals surface area contributed by atoms with E-state index in [1.807, 2.05) is 0 Å². The lowest BCUT2D eigenvalue weighted by Crippen LogP contribution is -1.89. The fourth-order valence-electron chi connectivity index (χ4n) is 1.62. The average molecular weight is 320 g/mol. The molecule has 5 heteroatoms. The van der Waals surface area contributed by atoms with Crippen molar-refractivity contribution in [2.24, 2.45) is 0 Å². The van der Waals surface area contributed by atoms with Gasteiger partial charge in [-0.05, 0) is 29.3 Å². The summed E-state index contributed by atoms with van der Waals surface area (Å²) in [5, 5.41) is 1.33. The van der Waals surface area contributed by atoms with Crippen LogP contribution in [-0.4, -0.2) is 6.29 Å². The predicted molar refractivity (Wildman–Crippen MR) is 77.3 cm³/mol. The minimum Gasteiger partial charge on any atom is -0.298 e. The van der Waals surface area contributed by atoms with Crippen LogP contribution in [0.4, 0.5) is 0 Å². The number of carbonyl (C=O) groups excluding carboxylic acids is 1. The summed E-state index contributed by atoms with van der Waals surface area (Å²) in [4.78, 5) is 11.1. The molecule has 0 aromatic heterocycles. The van der Waals surface area contributed by atoms with E-state index in [1.54, 1.807) is 30.3 Å². The van der Waals surface area contributed by atoms with Gasteiger partial charge in [0.15, 0.2) is 6.29 Å². The fourth-order valence-corrected chi connectivity index (χ4v) is 2.43. The maximum absolute atomic E-state index is 11.1. The van der Waals surface area contributed by atoms with Crippen LogP contribution in [-0.2, 0) is 0 Å². The number of hydrogen-bond acceptors (Lipinski definition) is 1. The van der Waals surface area contributed by atoms with Crippen molar-refractivity contribution in [2.75, 3.05) is 0 Å². The number of rotatable bonds is 2. The minimum atomic E-state index is 0.289. The van der Waals surface area contributed by atoms with Crippen molar-refractivity contribution in [1.29, 1.82) is 0 Å². The van der Waals surface area contributed by atoms with Crippen LogP contribution in [0.3, 0.4) is 0 Å². The van der Waals surface area contributed by atoms with E-state index in [-0.39, 0.29) is 5.02 Å². The Morgan fingerprint density at radius 3 is 2.06 bits per heavy atom. The molecule has 1 nitrogen and oxygen atoms in total. The maximum Gasteiger partial charge on any atom is 0.152 e. The van der Waals surface area contributed by atoms with E-state index in [9.17, 15) is 4.79 Å². The SMILES string of the molecule is O=Cc1c(Cl)cccc1-c1cc(Cl)c(Cl)c(Cl)c1. The van der Waals surface area contributed by atoms with Crippen molar-refractivity contribution in [3.05, 3.63) is 56.0 Å².